The molecule has 0 unspecified atom stereocenters. The molecule has 1 fully saturated rings. The van der Waals surface area contributed by atoms with E-state index in [9.17, 15) is 13.2 Å². The number of benzene rings is 2. The van der Waals surface area contributed by atoms with Crippen LogP contribution in [0.4, 0.5) is 5.69 Å². The second-order valence-corrected chi connectivity index (χ2v) is 9.31. The van der Waals surface area contributed by atoms with Gasteiger partial charge in [0, 0.05) is 24.3 Å². The molecule has 1 saturated heterocycles. The molecule has 0 atom stereocenters. The predicted octanol–water partition coefficient (Wildman–Crippen LogP) is 3.98. The summed E-state index contributed by atoms with van der Waals surface area (Å²) in [7, 11) is -3.57. The Morgan fingerprint density at radius 2 is 1.74 bits per heavy atom. The smallest absolute Gasteiger partial charge is 0.255 e. The Labute approximate surface area is 161 Å². The van der Waals surface area contributed by atoms with E-state index in [4.69, 9.17) is 0 Å². The van der Waals surface area contributed by atoms with E-state index < -0.39 is 10.0 Å². The van der Waals surface area contributed by atoms with Crippen molar-refractivity contribution in [3.63, 3.8) is 0 Å². The maximum absolute atomic E-state index is 12.9. The van der Waals surface area contributed by atoms with Crippen molar-refractivity contribution in [2.45, 2.75) is 38.5 Å². The van der Waals surface area contributed by atoms with Crippen LogP contribution in [0.25, 0.3) is 0 Å². The van der Waals surface area contributed by atoms with Crippen LogP contribution in [0.15, 0.2) is 47.4 Å². The number of nitrogens with one attached hydrogen (secondary N) is 1. The number of amides is 1. The van der Waals surface area contributed by atoms with Gasteiger partial charge in [-0.1, -0.05) is 19.1 Å². The molecule has 5 nitrogen and oxygen atoms in total. The number of hydrogen-bond acceptors (Lipinski definition) is 3. The van der Waals surface area contributed by atoms with Gasteiger partial charge in [-0.2, -0.15) is 4.31 Å². The second kappa shape index (κ2) is 7.82. The molecule has 1 aliphatic rings. The zero-order valence-corrected chi connectivity index (χ0v) is 16.8. The van der Waals surface area contributed by atoms with Gasteiger partial charge in [0.15, 0.2) is 0 Å². The first-order valence-corrected chi connectivity index (χ1v) is 10.7. The van der Waals surface area contributed by atoms with Gasteiger partial charge < -0.3 is 5.32 Å². The number of carbonyl (C=O) groups is 1. The lowest BCUT2D eigenvalue weighted by molar-refractivity contribution is 0.102. The Morgan fingerprint density at radius 3 is 2.41 bits per heavy atom. The highest BCUT2D eigenvalue weighted by molar-refractivity contribution is 7.89. The molecule has 0 aromatic heterocycles. The Morgan fingerprint density at radius 1 is 1.04 bits per heavy atom. The average molecular weight is 387 g/mol. The van der Waals surface area contributed by atoms with Gasteiger partial charge in [-0.05, 0) is 74.1 Å². The van der Waals surface area contributed by atoms with E-state index in [1.165, 1.54) is 10.4 Å². The van der Waals surface area contributed by atoms with Gasteiger partial charge in [0.1, 0.15) is 0 Å². The fourth-order valence-electron chi connectivity index (χ4n) is 3.19. The minimum Gasteiger partial charge on any atom is -0.322 e. The first-order valence-electron chi connectivity index (χ1n) is 9.26. The van der Waals surface area contributed by atoms with Gasteiger partial charge in [-0.15, -0.1) is 0 Å². The zero-order valence-electron chi connectivity index (χ0n) is 16.0. The summed E-state index contributed by atoms with van der Waals surface area (Å²) in [6, 6.07) is 12.0. The van der Waals surface area contributed by atoms with Crippen molar-refractivity contribution in [3.05, 3.63) is 59.2 Å². The summed E-state index contributed by atoms with van der Waals surface area (Å²) in [5.74, 6) is 0.231. The molecule has 6 heteroatoms. The maximum Gasteiger partial charge on any atom is 0.255 e. The van der Waals surface area contributed by atoms with Crippen molar-refractivity contribution in [2.75, 3.05) is 18.4 Å². The molecular formula is C21H26N2O3S. The van der Waals surface area contributed by atoms with Crippen LogP contribution in [0, 0.1) is 19.8 Å². The van der Waals surface area contributed by atoms with Crippen LogP contribution >= 0.6 is 0 Å². The summed E-state index contributed by atoms with van der Waals surface area (Å²) in [6.07, 6.45) is 1.73. The summed E-state index contributed by atoms with van der Waals surface area (Å²) < 4.78 is 27.3. The van der Waals surface area contributed by atoms with Crippen molar-refractivity contribution in [1.29, 1.82) is 0 Å². The number of piperidine rings is 1. The van der Waals surface area contributed by atoms with Crippen LogP contribution < -0.4 is 5.32 Å². The number of hydrogen-bond donors (Lipinski definition) is 1. The highest BCUT2D eigenvalue weighted by atomic mass is 32.2. The number of anilines is 1. The van der Waals surface area contributed by atoms with Gasteiger partial charge in [0.25, 0.3) is 5.91 Å². The minimum atomic E-state index is -3.57. The SMILES string of the molecule is Cc1ccc(NC(=O)c2cccc(S(=O)(=O)N3CCC(C)CC3)c2)cc1C. The van der Waals surface area contributed by atoms with E-state index in [1.54, 1.807) is 18.2 Å². The Balaban J connectivity index is 1.80. The van der Waals surface area contributed by atoms with Crippen molar-refractivity contribution in [2.24, 2.45) is 5.92 Å². The molecule has 0 aliphatic carbocycles. The highest BCUT2D eigenvalue weighted by Crippen LogP contribution is 2.24. The summed E-state index contributed by atoms with van der Waals surface area (Å²) >= 11 is 0. The highest BCUT2D eigenvalue weighted by Gasteiger charge is 2.28. The number of nitrogens with zero attached hydrogens (tertiary/aromatic N) is 1. The van der Waals surface area contributed by atoms with Crippen LogP contribution in [-0.2, 0) is 10.0 Å². The van der Waals surface area contributed by atoms with Gasteiger partial charge in [-0.3, -0.25) is 4.79 Å². The van der Waals surface area contributed by atoms with E-state index in [0.717, 1.165) is 24.0 Å². The van der Waals surface area contributed by atoms with Crippen molar-refractivity contribution >= 4 is 21.6 Å². The average Bonchev–Trinajstić information content (AvgIpc) is 2.65. The molecular weight excluding hydrogens is 360 g/mol. The van der Waals surface area contributed by atoms with E-state index in [-0.39, 0.29) is 10.8 Å². The van der Waals surface area contributed by atoms with Crippen LogP contribution in [0.2, 0.25) is 0 Å². The fraction of sp³-hybridized carbons (Fsp3) is 0.381. The van der Waals surface area contributed by atoms with Crippen LogP contribution in [0.1, 0.15) is 41.3 Å². The molecule has 0 bridgehead atoms. The third-order valence-corrected chi connectivity index (χ3v) is 7.14. The second-order valence-electron chi connectivity index (χ2n) is 7.37. The van der Waals surface area contributed by atoms with E-state index in [1.807, 2.05) is 32.0 Å². The number of carbonyl (C=O) groups excluding carboxylic acids is 1. The largest absolute Gasteiger partial charge is 0.322 e. The molecule has 2 aromatic rings. The number of rotatable bonds is 4. The van der Waals surface area contributed by atoms with Crippen LogP contribution in [0.3, 0.4) is 0 Å². The third kappa shape index (κ3) is 4.39. The van der Waals surface area contributed by atoms with Crippen LogP contribution in [-0.4, -0.2) is 31.7 Å². The molecule has 1 heterocycles. The molecule has 3 rings (SSSR count). The topological polar surface area (TPSA) is 66.5 Å². The molecule has 0 saturated carbocycles. The summed E-state index contributed by atoms with van der Waals surface area (Å²) in [6.45, 7) is 7.20. The van der Waals surface area contributed by atoms with Gasteiger partial charge in [0.2, 0.25) is 10.0 Å². The fourth-order valence-corrected chi connectivity index (χ4v) is 4.71. The lowest BCUT2D eigenvalue weighted by Gasteiger charge is -2.29. The molecule has 1 N–H and O–H groups in total. The van der Waals surface area contributed by atoms with E-state index in [0.29, 0.717) is 30.3 Å². The summed E-state index contributed by atoms with van der Waals surface area (Å²) in [5.41, 5.74) is 3.27. The minimum absolute atomic E-state index is 0.171. The summed E-state index contributed by atoms with van der Waals surface area (Å²) in [4.78, 5) is 12.8. The molecule has 1 amide bonds. The Kier molecular flexibility index (Phi) is 5.67. The Bertz CT molecular complexity index is 946. The van der Waals surface area contributed by atoms with Crippen molar-refractivity contribution < 1.29 is 13.2 Å². The molecule has 27 heavy (non-hydrogen) atoms. The first kappa shape index (κ1) is 19.6. The van der Waals surface area contributed by atoms with Crippen molar-refractivity contribution in [1.82, 2.24) is 4.31 Å². The van der Waals surface area contributed by atoms with Gasteiger partial charge in [-0.25, -0.2) is 8.42 Å². The lowest BCUT2D eigenvalue weighted by Crippen LogP contribution is -2.37. The zero-order chi connectivity index (χ0) is 19.6. The standard InChI is InChI=1S/C21H26N2O3S/c1-15-9-11-23(12-10-15)27(25,26)20-6-4-5-18(14-20)21(24)22-19-8-7-16(2)17(3)13-19/h4-8,13-15H,9-12H2,1-3H3,(H,22,24). The predicted molar refractivity (Wildman–Crippen MR) is 107 cm³/mol. The van der Waals surface area contributed by atoms with E-state index in [2.05, 4.69) is 12.2 Å². The molecule has 144 valence electrons. The molecule has 1 aliphatic heterocycles. The maximum atomic E-state index is 12.9. The lowest BCUT2D eigenvalue weighted by atomic mass is 10.0. The molecule has 2 aromatic carbocycles. The van der Waals surface area contributed by atoms with Gasteiger partial charge >= 0.3 is 0 Å². The van der Waals surface area contributed by atoms with Crippen molar-refractivity contribution in [3.8, 4) is 0 Å². The Hall–Kier alpha value is -2.18. The summed E-state index contributed by atoms with van der Waals surface area (Å²) in [5, 5.41) is 2.84. The van der Waals surface area contributed by atoms with E-state index >= 15 is 0 Å². The quantitative estimate of drug-likeness (QED) is 0.864. The molecule has 0 radical (unpaired) electrons. The third-order valence-electron chi connectivity index (χ3n) is 5.24. The first-order chi connectivity index (χ1) is 12.8. The monoisotopic (exact) mass is 386 g/mol. The normalized spacial score (nSPS) is 16.3. The van der Waals surface area contributed by atoms with Crippen LogP contribution in [0.5, 0.6) is 0 Å². The number of sulfonamides is 1. The van der Waals surface area contributed by atoms with Gasteiger partial charge in [0.05, 0.1) is 4.90 Å². The number of aryl methyl sites for hydroxylation is 2. The molecule has 0 spiro atoms.